The normalized spacial score (nSPS) is 8.21. The van der Waals surface area contributed by atoms with Crippen LogP contribution in [0.5, 0.6) is 0 Å². The first-order chi connectivity index (χ1) is 8.81. The summed E-state index contributed by atoms with van der Waals surface area (Å²) in [7, 11) is 0. The van der Waals surface area contributed by atoms with Gasteiger partial charge in [-0.25, -0.2) is 0 Å². The predicted molar refractivity (Wildman–Crippen MR) is 88.2 cm³/mol. The van der Waals surface area contributed by atoms with Crippen LogP contribution in [0.4, 0.5) is 0 Å². The van der Waals surface area contributed by atoms with E-state index >= 15 is 0 Å². The third-order valence-electron chi connectivity index (χ3n) is 2.47. The molecule has 2 aromatic rings. The number of hydrogen-bond donors (Lipinski definition) is 1. The number of rotatable bonds is 3. The molecule has 0 atom stereocenters. The maximum Gasteiger partial charge on any atom is -0.0190 e. The molecule has 0 saturated heterocycles. The minimum atomic E-state index is 0. The van der Waals surface area contributed by atoms with E-state index in [-0.39, 0.29) is 6.15 Å². The molecule has 98 valence electrons. The molecule has 0 aliphatic carbocycles. The lowest BCUT2D eigenvalue weighted by molar-refractivity contribution is 1.62. The summed E-state index contributed by atoms with van der Waals surface area (Å²) < 4.78 is 0. The monoisotopic (exact) mass is 251 g/mol. The first-order valence-electron chi connectivity index (χ1n) is 5.83. The first kappa shape index (κ1) is 16.6. The highest BCUT2D eigenvalue weighted by Gasteiger charge is 1.89. The van der Waals surface area contributed by atoms with Crippen molar-refractivity contribution in [2.24, 2.45) is 0 Å². The predicted octanol–water partition coefficient (Wildman–Crippen LogP) is 5.46. The van der Waals surface area contributed by atoms with Crippen LogP contribution in [0.25, 0.3) is 18.2 Å². The molecule has 0 fully saturated rings. The molecule has 0 aliphatic heterocycles. The van der Waals surface area contributed by atoms with Crippen LogP contribution < -0.4 is 6.15 Å². The summed E-state index contributed by atoms with van der Waals surface area (Å²) in [6.07, 6.45) is 5.49. The molecule has 0 heterocycles. The third kappa shape index (κ3) is 5.66. The van der Waals surface area contributed by atoms with E-state index in [4.69, 9.17) is 0 Å². The molecule has 0 spiro atoms. The Bertz CT molecular complexity index is 485. The second-order valence-electron chi connectivity index (χ2n) is 3.65. The van der Waals surface area contributed by atoms with Gasteiger partial charge in [0.1, 0.15) is 0 Å². The van der Waals surface area contributed by atoms with Gasteiger partial charge < -0.3 is 6.15 Å². The van der Waals surface area contributed by atoms with Crippen LogP contribution in [0.15, 0.2) is 74.3 Å². The van der Waals surface area contributed by atoms with Gasteiger partial charge in [0.2, 0.25) is 0 Å². The summed E-state index contributed by atoms with van der Waals surface area (Å²) in [6.45, 7) is 11.0. The quantitative estimate of drug-likeness (QED) is 0.771. The van der Waals surface area contributed by atoms with Crippen LogP contribution in [0.3, 0.4) is 0 Å². The summed E-state index contributed by atoms with van der Waals surface area (Å²) in [5.41, 5.74) is 3.45. The zero-order valence-electron chi connectivity index (χ0n) is 11.3. The number of benzene rings is 2. The van der Waals surface area contributed by atoms with E-state index in [0.29, 0.717) is 0 Å². The standard InChI is InChI=1S/C10H10.C8H8.H3N/c1-3-9-7-5-6-8-10(9)4-2;1-2-8-6-4-3-5-7-8;/h3-8H,1-2H2;2-7H,1H2;1H3. The van der Waals surface area contributed by atoms with Gasteiger partial charge >= 0.3 is 0 Å². The van der Waals surface area contributed by atoms with Gasteiger partial charge in [0.05, 0.1) is 0 Å². The summed E-state index contributed by atoms with van der Waals surface area (Å²) in [4.78, 5) is 0. The maximum atomic E-state index is 3.69. The highest BCUT2D eigenvalue weighted by atomic mass is 14.0. The highest BCUT2D eigenvalue weighted by Crippen LogP contribution is 2.10. The van der Waals surface area contributed by atoms with Crippen molar-refractivity contribution in [2.75, 3.05) is 0 Å². The fourth-order valence-corrected chi connectivity index (χ4v) is 1.47. The van der Waals surface area contributed by atoms with Crippen LogP contribution in [-0.2, 0) is 0 Å². The molecule has 0 bridgehead atoms. The van der Waals surface area contributed by atoms with Crippen LogP contribution in [0.2, 0.25) is 0 Å². The molecule has 19 heavy (non-hydrogen) atoms. The second-order valence-corrected chi connectivity index (χ2v) is 3.65. The van der Waals surface area contributed by atoms with Gasteiger partial charge in [-0.2, -0.15) is 0 Å². The smallest absolute Gasteiger partial charge is 0.0190 e. The van der Waals surface area contributed by atoms with Crippen molar-refractivity contribution in [3.8, 4) is 0 Å². The number of hydrogen-bond acceptors (Lipinski definition) is 1. The Morgan fingerprint density at radius 2 is 1.00 bits per heavy atom. The molecule has 0 radical (unpaired) electrons. The van der Waals surface area contributed by atoms with Crippen molar-refractivity contribution < 1.29 is 0 Å². The van der Waals surface area contributed by atoms with Crippen LogP contribution in [0.1, 0.15) is 16.7 Å². The third-order valence-corrected chi connectivity index (χ3v) is 2.47. The minimum Gasteiger partial charge on any atom is -0.344 e. The summed E-state index contributed by atoms with van der Waals surface area (Å²) in [5.74, 6) is 0. The van der Waals surface area contributed by atoms with Crippen LogP contribution in [-0.4, -0.2) is 0 Å². The van der Waals surface area contributed by atoms with E-state index < -0.39 is 0 Å². The van der Waals surface area contributed by atoms with Crippen molar-refractivity contribution in [2.45, 2.75) is 0 Å². The SMILES string of the molecule is C=Cc1ccccc1.C=Cc1ccccc1C=C.N. The Hall–Kier alpha value is -2.38. The molecule has 0 unspecified atom stereocenters. The van der Waals surface area contributed by atoms with E-state index in [9.17, 15) is 0 Å². The molecule has 0 aromatic heterocycles. The van der Waals surface area contributed by atoms with Crippen molar-refractivity contribution in [3.63, 3.8) is 0 Å². The molecular weight excluding hydrogens is 230 g/mol. The van der Waals surface area contributed by atoms with Crippen LogP contribution >= 0.6 is 0 Å². The maximum absolute atomic E-state index is 3.69. The molecule has 3 N–H and O–H groups in total. The lowest BCUT2D eigenvalue weighted by Crippen LogP contribution is -1.76. The van der Waals surface area contributed by atoms with E-state index in [1.807, 2.05) is 72.8 Å². The van der Waals surface area contributed by atoms with E-state index in [1.54, 1.807) is 0 Å². The van der Waals surface area contributed by atoms with Gasteiger partial charge in [0.25, 0.3) is 0 Å². The van der Waals surface area contributed by atoms with Gasteiger partial charge in [-0.3, -0.25) is 0 Å². The molecule has 2 aromatic carbocycles. The Balaban J connectivity index is 0.000000331. The molecule has 0 amide bonds. The molecule has 0 aliphatic rings. The molecule has 1 heteroatoms. The van der Waals surface area contributed by atoms with Crippen molar-refractivity contribution in [1.29, 1.82) is 0 Å². The Labute approximate surface area is 116 Å². The highest BCUT2D eigenvalue weighted by molar-refractivity contribution is 5.63. The van der Waals surface area contributed by atoms with Crippen molar-refractivity contribution >= 4 is 18.2 Å². The van der Waals surface area contributed by atoms with Gasteiger partial charge in [0.15, 0.2) is 0 Å². The second kappa shape index (κ2) is 9.63. The largest absolute Gasteiger partial charge is 0.344 e. The van der Waals surface area contributed by atoms with Gasteiger partial charge in [-0.1, -0.05) is 92.6 Å². The van der Waals surface area contributed by atoms with Crippen molar-refractivity contribution in [3.05, 3.63) is 91.0 Å². The minimum absolute atomic E-state index is 0. The Kier molecular flexibility index (Phi) is 8.42. The summed E-state index contributed by atoms with van der Waals surface area (Å²) in [6, 6.07) is 18.0. The summed E-state index contributed by atoms with van der Waals surface area (Å²) in [5, 5.41) is 0. The van der Waals surface area contributed by atoms with Gasteiger partial charge in [-0.15, -0.1) is 0 Å². The van der Waals surface area contributed by atoms with E-state index in [0.717, 1.165) is 11.1 Å². The lowest BCUT2D eigenvalue weighted by atomic mass is 10.1. The fourth-order valence-electron chi connectivity index (χ4n) is 1.47. The lowest BCUT2D eigenvalue weighted by Gasteiger charge is -1.96. The first-order valence-corrected chi connectivity index (χ1v) is 5.83. The van der Waals surface area contributed by atoms with E-state index in [2.05, 4.69) is 19.7 Å². The molecular formula is C18H21N. The summed E-state index contributed by atoms with van der Waals surface area (Å²) >= 11 is 0. The Morgan fingerprint density at radius 3 is 1.32 bits per heavy atom. The van der Waals surface area contributed by atoms with Crippen molar-refractivity contribution in [1.82, 2.24) is 6.15 Å². The van der Waals surface area contributed by atoms with E-state index in [1.165, 1.54) is 5.56 Å². The molecule has 2 rings (SSSR count). The fraction of sp³-hybridized carbons (Fsp3) is 0. The average Bonchev–Trinajstić information content (AvgIpc) is 2.48. The average molecular weight is 251 g/mol. The Morgan fingerprint density at radius 1 is 0.579 bits per heavy atom. The van der Waals surface area contributed by atoms with Gasteiger partial charge in [0, 0.05) is 0 Å². The van der Waals surface area contributed by atoms with Crippen LogP contribution in [0, 0.1) is 0 Å². The zero-order chi connectivity index (χ0) is 13.2. The topological polar surface area (TPSA) is 35.0 Å². The van der Waals surface area contributed by atoms with Gasteiger partial charge in [-0.05, 0) is 16.7 Å². The zero-order valence-corrected chi connectivity index (χ0v) is 11.3. The molecule has 1 nitrogen and oxygen atoms in total. The molecule has 0 saturated carbocycles.